The number of benzene rings is 2. The maximum atomic E-state index is 12.9. The van der Waals surface area contributed by atoms with Gasteiger partial charge in [-0.25, -0.2) is 10.2 Å². The van der Waals surface area contributed by atoms with Crippen LogP contribution in [0.5, 0.6) is 11.5 Å². The van der Waals surface area contributed by atoms with Crippen LogP contribution in [0.2, 0.25) is 0 Å². The van der Waals surface area contributed by atoms with Crippen molar-refractivity contribution in [2.45, 2.75) is 12.4 Å². The van der Waals surface area contributed by atoms with Gasteiger partial charge in [0.15, 0.2) is 0 Å². The number of hydrogen-bond donors (Lipinski definition) is 3. The molecule has 2 aromatic rings. The topological polar surface area (TPSA) is 88.7 Å². The number of hydrazine groups is 1. The minimum atomic E-state index is -5.08. The van der Waals surface area contributed by atoms with Crippen LogP contribution in [0.15, 0.2) is 36.4 Å². The van der Waals surface area contributed by atoms with Crippen LogP contribution in [0.25, 0.3) is 0 Å². The highest BCUT2D eigenvalue weighted by atomic mass is 19.4. The molecule has 3 amide bonds. The SMILES string of the molecule is COc1cccc(OC)c1C(=O)NNC(=O)Nc1cc(C(F)(F)F)cc(C(F)(F)F)c1. The molecular formula is C18H15F6N3O4. The van der Waals surface area contributed by atoms with Gasteiger partial charge >= 0.3 is 18.4 Å². The monoisotopic (exact) mass is 451 g/mol. The standard InChI is InChI=1S/C18H15F6N3O4/c1-30-12-4-3-5-13(31-2)14(12)15(28)26-27-16(29)25-11-7-9(17(19,20)21)6-10(8-11)18(22,23)24/h3-8H,1-2H3,(H,26,28)(H2,25,27,29). The Balaban J connectivity index is 2.18. The van der Waals surface area contributed by atoms with Gasteiger partial charge in [0.05, 0.1) is 25.3 Å². The average Bonchev–Trinajstić information content (AvgIpc) is 2.69. The highest BCUT2D eigenvalue weighted by molar-refractivity contribution is 6.01. The van der Waals surface area contributed by atoms with Gasteiger partial charge in [0, 0.05) is 5.69 Å². The number of carbonyl (C=O) groups is 2. The normalized spacial score (nSPS) is 11.5. The molecule has 0 radical (unpaired) electrons. The quantitative estimate of drug-likeness (QED) is 0.480. The van der Waals surface area contributed by atoms with Gasteiger partial charge in [-0.15, -0.1) is 0 Å². The first kappa shape index (κ1) is 23.6. The van der Waals surface area contributed by atoms with E-state index < -0.39 is 41.1 Å². The molecule has 0 spiro atoms. The largest absolute Gasteiger partial charge is 0.496 e. The van der Waals surface area contributed by atoms with Crippen molar-refractivity contribution in [2.24, 2.45) is 0 Å². The minimum Gasteiger partial charge on any atom is -0.496 e. The summed E-state index contributed by atoms with van der Waals surface area (Å²) in [6.07, 6.45) is -10.2. The first-order valence-corrected chi connectivity index (χ1v) is 8.24. The Morgan fingerprint density at radius 3 is 1.71 bits per heavy atom. The van der Waals surface area contributed by atoms with Crippen LogP contribution >= 0.6 is 0 Å². The summed E-state index contributed by atoms with van der Waals surface area (Å²) < 4.78 is 87.3. The van der Waals surface area contributed by atoms with E-state index in [9.17, 15) is 35.9 Å². The molecule has 7 nitrogen and oxygen atoms in total. The molecule has 0 fully saturated rings. The van der Waals surface area contributed by atoms with Crippen LogP contribution in [0.3, 0.4) is 0 Å². The minimum absolute atomic E-state index is 0.0845. The lowest BCUT2D eigenvalue weighted by atomic mass is 10.1. The van der Waals surface area contributed by atoms with Crippen LogP contribution in [-0.2, 0) is 12.4 Å². The molecule has 0 saturated carbocycles. The fourth-order valence-electron chi connectivity index (χ4n) is 2.44. The van der Waals surface area contributed by atoms with Gasteiger partial charge in [0.2, 0.25) is 0 Å². The van der Waals surface area contributed by atoms with E-state index in [0.29, 0.717) is 12.1 Å². The number of methoxy groups -OCH3 is 2. The van der Waals surface area contributed by atoms with Crippen molar-refractivity contribution in [3.05, 3.63) is 53.1 Å². The maximum Gasteiger partial charge on any atom is 0.416 e. The Kier molecular flexibility index (Phi) is 6.88. The maximum absolute atomic E-state index is 12.9. The molecule has 0 atom stereocenters. The van der Waals surface area contributed by atoms with E-state index in [1.807, 2.05) is 10.9 Å². The molecule has 0 saturated heterocycles. The lowest BCUT2D eigenvalue weighted by Crippen LogP contribution is -2.44. The van der Waals surface area contributed by atoms with E-state index >= 15 is 0 Å². The summed E-state index contributed by atoms with van der Waals surface area (Å²) in [5, 5.41) is 1.80. The Bertz CT molecular complexity index is 921. The molecule has 0 aliphatic rings. The Labute approximate surface area is 171 Å². The summed E-state index contributed by atoms with van der Waals surface area (Å²) in [5.41, 5.74) is -0.337. The Morgan fingerprint density at radius 2 is 1.29 bits per heavy atom. The zero-order valence-electron chi connectivity index (χ0n) is 15.9. The van der Waals surface area contributed by atoms with Gasteiger partial charge in [-0.05, 0) is 30.3 Å². The van der Waals surface area contributed by atoms with Crippen molar-refractivity contribution < 1.29 is 45.4 Å². The van der Waals surface area contributed by atoms with E-state index in [1.54, 1.807) is 5.32 Å². The number of alkyl halides is 6. The summed E-state index contributed by atoms with van der Waals surface area (Å²) in [5.74, 6) is -0.733. The molecule has 0 unspecified atom stereocenters. The summed E-state index contributed by atoms with van der Waals surface area (Å²) in [6, 6.07) is 3.64. The number of carbonyl (C=O) groups excluding carboxylic acids is 2. The second-order valence-electron chi connectivity index (χ2n) is 5.87. The highest BCUT2D eigenvalue weighted by Crippen LogP contribution is 2.37. The third-order valence-electron chi connectivity index (χ3n) is 3.79. The van der Waals surface area contributed by atoms with Gasteiger partial charge in [0.1, 0.15) is 17.1 Å². The smallest absolute Gasteiger partial charge is 0.416 e. The predicted octanol–water partition coefficient (Wildman–Crippen LogP) is 4.21. The molecule has 0 aliphatic carbocycles. The van der Waals surface area contributed by atoms with Crippen LogP contribution in [-0.4, -0.2) is 26.2 Å². The Hall–Kier alpha value is -3.64. The summed E-state index contributed by atoms with van der Waals surface area (Å²) in [7, 11) is 2.55. The van der Waals surface area contributed by atoms with Crippen molar-refractivity contribution in [1.82, 2.24) is 10.9 Å². The highest BCUT2D eigenvalue weighted by Gasteiger charge is 2.37. The zero-order valence-corrected chi connectivity index (χ0v) is 15.9. The number of nitrogens with one attached hydrogen (secondary N) is 3. The molecular weight excluding hydrogens is 436 g/mol. The van der Waals surface area contributed by atoms with Crippen LogP contribution in [0.1, 0.15) is 21.5 Å². The van der Waals surface area contributed by atoms with E-state index in [2.05, 4.69) is 0 Å². The van der Waals surface area contributed by atoms with Crippen molar-refractivity contribution in [1.29, 1.82) is 0 Å². The second-order valence-corrected chi connectivity index (χ2v) is 5.87. The Morgan fingerprint density at radius 1 is 0.806 bits per heavy atom. The van der Waals surface area contributed by atoms with Gasteiger partial charge in [-0.2, -0.15) is 26.3 Å². The summed E-state index contributed by atoms with van der Waals surface area (Å²) >= 11 is 0. The van der Waals surface area contributed by atoms with Gasteiger partial charge in [0.25, 0.3) is 5.91 Å². The molecule has 3 N–H and O–H groups in total. The fourth-order valence-corrected chi connectivity index (χ4v) is 2.44. The summed E-state index contributed by atoms with van der Waals surface area (Å²) in [4.78, 5) is 24.2. The molecule has 0 bridgehead atoms. The van der Waals surface area contributed by atoms with Crippen molar-refractivity contribution in [3.8, 4) is 11.5 Å². The number of ether oxygens (including phenoxy) is 2. The second kappa shape index (κ2) is 9.02. The molecule has 31 heavy (non-hydrogen) atoms. The molecule has 0 heterocycles. The summed E-state index contributed by atoms with van der Waals surface area (Å²) in [6.45, 7) is 0. The van der Waals surface area contributed by atoms with Gasteiger partial charge < -0.3 is 14.8 Å². The van der Waals surface area contributed by atoms with Gasteiger partial charge in [-0.3, -0.25) is 10.2 Å². The van der Waals surface area contributed by atoms with Crippen LogP contribution in [0, 0.1) is 0 Å². The molecule has 2 aromatic carbocycles. The van der Waals surface area contributed by atoms with Crippen molar-refractivity contribution >= 4 is 17.6 Å². The van der Waals surface area contributed by atoms with E-state index in [4.69, 9.17) is 9.47 Å². The number of anilines is 1. The van der Waals surface area contributed by atoms with E-state index in [0.717, 1.165) is 0 Å². The first-order chi connectivity index (χ1) is 14.4. The lowest BCUT2D eigenvalue weighted by molar-refractivity contribution is -0.143. The number of hydrogen-bond acceptors (Lipinski definition) is 4. The fraction of sp³-hybridized carbons (Fsp3) is 0.222. The number of urea groups is 1. The van der Waals surface area contributed by atoms with Gasteiger partial charge in [-0.1, -0.05) is 6.07 Å². The van der Waals surface area contributed by atoms with Crippen LogP contribution in [0.4, 0.5) is 36.8 Å². The molecule has 13 heteroatoms. The molecule has 2 rings (SSSR count). The van der Waals surface area contributed by atoms with Crippen LogP contribution < -0.4 is 25.6 Å². The van der Waals surface area contributed by atoms with E-state index in [1.165, 1.54) is 32.4 Å². The zero-order chi connectivity index (χ0) is 23.4. The van der Waals surface area contributed by atoms with Crippen molar-refractivity contribution in [2.75, 3.05) is 19.5 Å². The number of amides is 3. The lowest BCUT2D eigenvalue weighted by Gasteiger charge is -2.16. The molecule has 0 aromatic heterocycles. The average molecular weight is 451 g/mol. The molecule has 0 aliphatic heterocycles. The molecule has 168 valence electrons. The predicted molar refractivity (Wildman–Crippen MR) is 95.6 cm³/mol. The first-order valence-electron chi connectivity index (χ1n) is 8.24. The number of halogens is 6. The third-order valence-corrected chi connectivity index (χ3v) is 3.79. The third kappa shape index (κ3) is 5.93. The van der Waals surface area contributed by atoms with Crippen molar-refractivity contribution in [3.63, 3.8) is 0 Å². The van der Waals surface area contributed by atoms with E-state index in [-0.39, 0.29) is 23.1 Å². The number of rotatable bonds is 4.